The van der Waals surface area contributed by atoms with E-state index in [1.54, 1.807) is 6.07 Å². The number of benzene rings is 1. The molecule has 1 aliphatic carbocycles. The van der Waals surface area contributed by atoms with Gasteiger partial charge in [-0.15, -0.1) is 0 Å². The number of nitrogens with one attached hydrogen (secondary N) is 1. The van der Waals surface area contributed by atoms with Crippen molar-refractivity contribution in [2.75, 3.05) is 0 Å². The number of fused-ring (bicyclic) bond motifs is 1. The first kappa shape index (κ1) is 12.2. The quantitative estimate of drug-likeness (QED) is 0.886. The summed E-state index contributed by atoms with van der Waals surface area (Å²) in [7, 11) is 0. The van der Waals surface area contributed by atoms with Crippen molar-refractivity contribution in [1.82, 2.24) is 5.32 Å². The zero-order valence-corrected chi connectivity index (χ0v) is 11.1. The second-order valence-corrected chi connectivity index (χ2v) is 5.84. The predicted molar refractivity (Wildman–Crippen MR) is 72.2 cm³/mol. The van der Waals surface area contributed by atoms with Crippen LogP contribution in [0.3, 0.4) is 0 Å². The van der Waals surface area contributed by atoms with Crippen molar-refractivity contribution in [1.29, 1.82) is 0 Å². The second-order valence-electron chi connectivity index (χ2n) is 5.84. The fourth-order valence-electron chi connectivity index (χ4n) is 2.49. The SMILES string of the molecule is CC1(C)CC1NCc1c(C(=O)O)oc2ccccc12. The van der Waals surface area contributed by atoms with E-state index in [0.29, 0.717) is 23.6 Å². The molecule has 0 bridgehead atoms. The zero-order chi connectivity index (χ0) is 13.6. The Morgan fingerprint density at radius 3 is 2.79 bits per heavy atom. The maximum atomic E-state index is 11.3. The lowest BCUT2D eigenvalue weighted by Crippen LogP contribution is -2.20. The van der Waals surface area contributed by atoms with E-state index in [9.17, 15) is 9.90 Å². The third-order valence-corrected chi connectivity index (χ3v) is 3.93. The normalized spacial score (nSPS) is 20.6. The largest absolute Gasteiger partial charge is 0.475 e. The molecule has 0 spiro atoms. The summed E-state index contributed by atoms with van der Waals surface area (Å²) in [6, 6.07) is 7.90. The molecule has 1 heterocycles. The standard InChI is InChI=1S/C15H17NO3/c1-15(2)7-12(15)16-8-10-9-5-3-4-6-11(9)19-13(10)14(17)18/h3-6,12,16H,7-8H2,1-2H3,(H,17,18). The molecule has 2 N–H and O–H groups in total. The molecular weight excluding hydrogens is 242 g/mol. The van der Waals surface area contributed by atoms with Crippen LogP contribution in [0.2, 0.25) is 0 Å². The molecular formula is C15H17NO3. The number of aromatic carboxylic acids is 1. The summed E-state index contributed by atoms with van der Waals surface area (Å²) >= 11 is 0. The van der Waals surface area contributed by atoms with Crippen LogP contribution in [0.15, 0.2) is 28.7 Å². The molecule has 1 aromatic carbocycles. The van der Waals surface area contributed by atoms with Gasteiger partial charge in [-0.3, -0.25) is 0 Å². The molecule has 100 valence electrons. The molecule has 0 aliphatic heterocycles. The molecule has 1 saturated carbocycles. The summed E-state index contributed by atoms with van der Waals surface area (Å²) < 4.78 is 5.43. The Bertz CT molecular complexity index is 642. The van der Waals surface area contributed by atoms with Gasteiger partial charge in [0.15, 0.2) is 0 Å². The number of rotatable bonds is 4. The Balaban J connectivity index is 1.92. The first-order valence-corrected chi connectivity index (χ1v) is 6.46. The van der Waals surface area contributed by atoms with Gasteiger partial charge in [-0.1, -0.05) is 32.0 Å². The number of hydrogen-bond donors (Lipinski definition) is 2. The molecule has 3 rings (SSSR count). The van der Waals surface area contributed by atoms with Gasteiger partial charge in [-0.05, 0) is 17.9 Å². The van der Waals surface area contributed by atoms with Crippen molar-refractivity contribution < 1.29 is 14.3 Å². The van der Waals surface area contributed by atoms with Crippen LogP contribution in [-0.4, -0.2) is 17.1 Å². The zero-order valence-electron chi connectivity index (χ0n) is 11.1. The fraction of sp³-hybridized carbons (Fsp3) is 0.400. The highest BCUT2D eigenvalue weighted by atomic mass is 16.4. The minimum atomic E-state index is -1.01. The van der Waals surface area contributed by atoms with E-state index in [1.165, 1.54) is 0 Å². The average Bonchev–Trinajstić information content (AvgIpc) is 2.83. The first-order valence-electron chi connectivity index (χ1n) is 6.46. The second kappa shape index (κ2) is 4.10. The lowest BCUT2D eigenvalue weighted by atomic mass is 10.1. The van der Waals surface area contributed by atoms with Gasteiger partial charge in [0.05, 0.1) is 0 Å². The van der Waals surface area contributed by atoms with Crippen LogP contribution in [0.5, 0.6) is 0 Å². The smallest absolute Gasteiger partial charge is 0.372 e. The van der Waals surface area contributed by atoms with Crippen LogP contribution in [0.4, 0.5) is 0 Å². The number of furan rings is 1. The van der Waals surface area contributed by atoms with Gasteiger partial charge in [0.25, 0.3) is 0 Å². The Morgan fingerprint density at radius 2 is 2.16 bits per heavy atom. The van der Waals surface area contributed by atoms with Crippen molar-refractivity contribution in [2.45, 2.75) is 32.9 Å². The highest BCUT2D eigenvalue weighted by Crippen LogP contribution is 2.44. The average molecular weight is 259 g/mol. The maximum Gasteiger partial charge on any atom is 0.372 e. The molecule has 0 saturated heterocycles. The van der Waals surface area contributed by atoms with Crippen LogP contribution in [0.1, 0.15) is 36.4 Å². The molecule has 19 heavy (non-hydrogen) atoms. The fourth-order valence-corrected chi connectivity index (χ4v) is 2.49. The lowest BCUT2D eigenvalue weighted by molar-refractivity contribution is 0.0663. The van der Waals surface area contributed by atoms with Crippen molar-refractivity contribution in [3.05, 3.63) is 35.6 Å². The molecule has 4 heteroatoms. The molecule has 1 aliphatic rings. The molecule has 1 unspecified atom stereocenters. The Labute approximate surface area is 111 Å². The van der Waals surface area contributed by atoms with Gasteiger partial charge in [0, 0.05) is 23.5 Å². The molecule has 4 nitrogen and oxygen atoms in total. The van der Waals surface area contributed by atoms with Crippen LogP contribution in [-0.2, 0) is 6.54 Å². The molecule has 1 atom stereocenters. The summed E-state index contributed by atoms with van der Waals surface area (Å²) in [5.74, 6) is -0.963. The van der Waals surface area contributed by atoms with E-state index in [-0.39, 0.29) is 5.76 Å². The van der Waals surface area contributed by atoms with Crippen molar-refractivity contribution in [2.24, 2.45) is 5.41 Å². The Hall–Kier alpha value is -1.81. The van der Waals surface area contributed by atoms with E-state index < -0.39 is 5.97 Å². The summed E-state index contributed by atoms with van der Waals surface area (Å²) in [5.41, 5.74) is 1.70. The van der Waals surface area contributed by atoms with Gasteiger partial charge in [0.2, 0.25) is 5.76 Å². The summed E-state index contributed by atoms with van der Waals surface area (Å²) in [5, 5.41) is 13.5. The van der Waals surface area contributed by atoms with E-state index >= 15 is 0 Å². The van der Waals surface area contributed by atoms with Crippen LogP contribution >= 0.6 is 0 Å². The van der Waals surface area contributed by atoms with Crippen LogP contribution < -0.4 is 5.32 Å². The van der Waals surface area contributed by atoms with Gasteiger partial charge in [0.1, 0.15) is 5.58 Å². The Morgan fingerprint density at radius 1 is 1.47 bits per heavy atom. The third kappa shape index (κ3) is 2.12. The highest BCUT2D eigenvalue weighted by Gasteiger charge is 2.45. The minimum Gasteiger partial charge on any atom is -0.475 e. The monoisotopic (exact) mass is 259 g/mol. The van der Waals surface area contributed by atoms with Gasteiger partial charge < -0.3 is 14.8 Å². The third-order valence-electron chi connectivity index (χ3n) is 3.93. The molecule has 2 aromatic rings. The van der Waals surface area contributed by atoms with Crippen molar-refractivity contribution >= 4 is 16.9 Å². The number of carboxylic acid groups (broad SMARTS) is 1. The lowest BCUT2D eigenvalue weighted by Gasteiger charge is -2.06. The molecule has 0 radical (unpaired) electrons. The molecule has 0 amide bonds. The molecule has 1 aromatic heterocycles. The number of carboxylic acids is 1. The van der Waals surface area contributed by atoms with Gasteiger partial charge >= 0.3 is 5.97 Å². The van der Waals surface area contributed by atoms with Gasteiger partial charge in [-0.25, -0.2) is 4.79 Å². The van der Waals surface area contributed by atoms with Gasteiger partial charge in [-0.2, -0.15) is 0 Å². The van der Waals surface area contributed by atoms with Crippen LogP contribution in [0.25, 0.3) is 11.0 Å². The van der Waals surface area contributed by atoms with E-state index in [4.69, 9.17) is 4.42 Å². The Kier molecular flexibility index (Phi) is 2.64. The van der Waals surface area contributed by atoms with Crippen molar-refractivity contribution in [3.8, 4) is 0 Å². The number of hydrogen-bond acceptors (Lipinski definition) is 3. The van der Waals surface area contributed by atoms with Crippen LogP contribution in [0, 0.1) is 5.41 Å². The van der Waals surface area contributed by atoms with E-state index in [2.05, 4.69) is 19.2 Å². The summed E-state index contributed by atoms with van der Waals surface area (Å²) in [6.07, 6.45) is 1.13. The first-order chi connectivity index (χ1) is 8.99. The summed E-state index contributed by atoms with van der Waals surface area (Å²) in [6.45, 7) is 4.94. The maximum absolute atomic E-state index is 11.3. The highest BCUT2D eigenvalue weighted by molar-refractivity contribution is 5.95. The number of para-hydroxylation sites is 1. The van der Waals surface area contributed by atoms with Crippen molar-refractivity contribution in [3.63, 3.8) is 0 Å². The minimum absolute atomic E-state index is 0.0483. The van der Waals surface area contributed by atoms with E-state index in [0.717, 1.165) is 17.4 Å². The van der Waals surface area contributed by atoms with E-state index in [1.807, 2.05) is 18.2 Å². The number of carbonyl (C=O) groups is 1. The summed E-state index contributed by atoms with van der Waals surface area (Å²) in [4.78, 5) is 11.3. The predicted octanol–water partition coefficient (Wildman–Crippen LogP) is 3.02. The molecule has 1 fully saturated rings. The topological polar surface area (TPSA) is 62.5 Å².